The average molecular weight is 613 g/mol. The van der Waals surface area contributed by atoms with Gasteiger partial charge in [-0.25, -0.2) is 4.79 Å². The number of nitrogens with zero attached hydrogens (tertiary/aromatic N) is 2. The van der Waals surface area contributed by atoms with E-state index in [9.17, 15) is 14.4 Å². The molecule has 4 aromatic rings. The summed E-state index contributed by atoms with van der Waals surface area (Å²) in [6.45, 7) is 11.4. The number of halogens is 1. The molecule has 8 heteroatoms. The molecular weight excluding hydrogens is 580 g/mol. The number of hydrogen-bond acceptors (Lipinski definition) is 6. The normalized spacial score (nSPS) is 12.5. The Morgan fingerprint density at radius 2 is 1.53 bits per heavy atom. The molecule has 0 aliphatic heterocycles. The molecule has 3 aromatic carbocycles. The van der Waals surface area contributed by atoms with Crippen molar-refractivity contribution in [3.8, 4) is 0 Å². The third-order valence-corrected chi connectivity index (χ3v) is 8.35. The van der Waals surface area contributed by atoms with E-state index in [1.54, 1.807) is 30.0 Å². The van der Waals surface area contributed by atoms with Crippen LogP contribution in [0.5, 0.6) is 0 Å². The number of hydrogen-bond donors (Lipinski definition) is 0. The predicted octanol–water partition coefficient (Wildman–Crippen LogP) is 9.01. The van der Waals surface area contributed by atoms with Crippen LogP contribution in [0.15, 0.2) is 107 Å². The highest BCUT2D eigenvalue weighted by Crippen LogP contribution is 2.32. The Morgan fingerprint density at radius 1 is 0.930 bits per heavy atom. The van der Waals surface area contributed by atoms with Crippen molar-refractivity contribution in [1.82, 2.24) is 4.57 Å². The fourth-order valence-corrected chi connectivity index (χ4v) is 5.73. The zero-order valence-electron chi connectivity index (χ0n) is 24.6. The number of thioether (sulfide) groups is 1. The van der Waals surface area contributed by atoms with Gasteiger partial charge in [-0.15, -0.1) is 11.8 Å². The summed E-state index contributed by atoms with van der Waals surface area (Å²) in [5, 5.41) is 6.30. The summed E-state index contributed by atoms with van der Waals surface area (Å²) in [5.41, 5.74) is 4.57. The SMILES string of the molecule is C=C/C=C\C(C)=C(/C)C(=O)c1ccc2c(c1)c1cc(C(=O)/C(CCSc3ccc(Cl)cc3)=N/OC(C)=O)ccc1n2CC. The largest absolute Gasteiger partial charge is 0.341 e. The van der Waals surface area contributed by atoms with Crippen LogP contribution in [0.25, 0.3) is 21.8 Å². The number of Topliss-reactive ketones (excluding diaryl/α,β-unsaturated/α-hetero) is 2. The van der Waals surface area contributed by atoms with Crippen molar-refractivity contribution in [2.24, 2.45) is 5.16 Å². The Morgan fingerprint density at radius 3 is 2.09 bits per heavy atom. The van der Waals surface area contributed by atoms with Crippen LogP contribution in [0.1, 0.15) is 54.8 Å². The lowest BCUT2D eigenvalue weighted by Gasteiger charge is -2.07. The molecule has 0 spiro atoms. The number of aryl methyl sites for hydroxylation is 1. The highest BCUT2D eigenvalue weighted by atomic mass is 35.5. The Hall–Kier alpha value is -4.20. The highest BCUT2D eigenvalue weighted by Gasteiger charge is 2.20. The maximum Gasteiger partial charge on any atom is 0.331 e. The van der Waals surface area contributed by atoms with E-state index in [2.05, 4.69) is 23.2 Å². The molecule has 0 N–H and O–H groups in total. The number of allylic oxidation sites excluding steroid dienone is 5. The minimum absolute atomic E-state index is 0.0632. The predicted molar refractivity (Wildman–Crippen MR) is 177 cm³/mol. The zero-order chi connectivity index (χ0) is 31.1. The molecule has 0 amide bonds. The van der Waals surface area contributed by atoms with Gasteiger partial charge in [0.25, 0.3) is 0 Å². The second kappa shape index (κ2) is 14.3. The molecule has 1 aromatic heterocycles. The lowest BCUT2D eigenvalue weighted by atomic mass is 9.98. The number of rotatable bonds is 12. The Bertz CT molecular complexity index is 1810. The van der Waals surface area contributed by atoms with E-state index in [0.717, 1.165) is 32.3 Å². The van der Waals surface area contributed by atoms with Crippen molar-refractivity contribution < 1.29 is 19.2 Å². The molecule has 0 unspecified atom stereocenters. The van der Waals surface area contributed by atoms with E-state index in [1.807, 2.05) is 74.5 Å². The summed E-state index contributed by atoms with van der Waals surface area (Å²) in [5.74, 6) is -0.446. The molecule has 0 aliphatic carbocycles. The molecule has 43 heavy (non-hydrogen) atoms. The van der Waals surface area contributed by atoms with Crippen molar-refractivity contribution in [1.29, 1.82) is 0 Å². The van der Waals surface area contributed by atoms with E-state index in [1.165, 1.54) is 6.92 Å². The minimum Gasteiger partial charge on any atom is -0.341 e. The third kappa shape index (κ3) is 7.42. The average Bonchev–Trinajstić information content (AvgIpc) is 3.33. The topological polar surface area (TPSA) is 77.7 Å². The van der Waals surface area contributed by atoms with Gasteiger partial charge in [-0.3, -0.25) is 9.59 Å². The van der Waals surface area contributed by atoms with E-state index < -0.39 is 5.97 Å². The second-order valence-corrected chi connectivity index (χ2v) is 11.5. The van der Waals surface area contributed by atoms with Crippen molar-refractivity contribution >= 4 is 68.4 Å². The lowest BCUT2D eigenvalue weighted by Crippen LogP contribution is -2.16. The van der Waals surface area contributed by atoms with Gasteiger partial charge in [0.05, 0.1) is 0 Å². The van der Waals surface area contributed by atoms with Crippen LogP contribution in [-0.2, 0) is 16.2 Å². The summed E-state index contributed by atoms with van der Waals surface area (Å²) < 4.78 is 2.16. The molecule has 220 valence electrons. The standard InChI is InChI=1S/C35H33ClN2O4S/c1-6-8-9-22(3)23(4)34(40)25-10-16-32-29(20-25)30-21-26(11-17-33(30)38(32)7-2)35(41)31(37-42-24(5)39)18-19-43-28-14-12-27(36)13-15-28/h6,8-17,20-21H,1,7,18-19H2,2-5H3/b9-8-,23-22+,37-31+. The number of carbonyl (C=O) groups excluding carboxylic acids is 3. The maximum absolute atomic E-state index is 13.7. The van der Waals surface area contributed by atoms with Gasteiger partial charge in [0.1, 0.15) is 5.71 Å². The van der Waals surface area contributed by atoms with Crippen LogP contribution in [0.2, 0.25) is 5.02 Å². The van der Waals surface area contributed by atoms with Gasteiger partial charge in [-0.2, -0.15) is 0 Å². The van der Waals surface area contributed by atoms with Gasteiger partial charge < -0.3 is 9.40 Å². The van der Waals surface area contributed by atoms with Crippen LogP contribution in [0.3, 0.4) is 0 Å². The van der Waals surface area contributed by atoms with Gasteiger partial charge in [0, 0.05) is 68.5 Å². The quantitative estimate of drug-likeness (QED) is 0.0303. The number of aromatic nitrogens is 1. The molecule has 0 aliphatic rings. The van der Waals surface area contributed by atoms with Crippen LogP contribution in [-0.4, -0.2) is 33.6 Å². The molecule has 6 nitrogen and oxygen atoms in total. The third-order valence-electron chi connectivity index (χ3n) is 7.09. The zero-order valence-corrected chi connectivity index (χ0v) is 26.2. The second-order valence-electron chi connectivity index (χ2n) is 9.94. The molecule has 0 saturated heterocycles. The highest BCUT2D eigenvalue weighted by molar-refractivity contribution is 7.99. The smallest absolute Gasteiger partial charge is 0.331 e. The van der Waals surface area contributed by atoms with E-state index in [-0.39, 0.29) is 23.7 Å². The number of ketones is 2. The fourth-order valence-electron chi connectivity index (χ4n) is 4.74. The first kappa shape index (κ1) is 31.7. The van der Waals surface area contributed by atoms with Crippen LogP contribution in [0, 0.1) is 0 Å². The molecule has 1 heterocycles. The molecule has 0 bridgehead atoms. The van der Waals surface area contributed by atoms with Crippen molar-refractivity contribution in [2.45, 2.75) is 45.6 Å². The first-order valence-corrected chi connectivity index (χ1v) is 15.3. The van der Waals surface area contributed by atoms with E-state index >= 15 is 0 Å². The van der Waals surface area contributed by atoms with Gasteiger partial charge in [0.2, 0.25) is 5.78 Å². The summed E-state index contributed by atoms with van der Waals surface area (Å²) in [6, 6.07) is 18.6. The minimum atomic E-state index is -0.603. The first-order chi connectivity index (χ1) is 20.6. The summed E-state index contributed by atoms with van der Waals surface area (Å²) in [7, 11) is 0. The lowest BCUT2D eigenvalue weighted by molar-refractivity contribution is -0.140. The summed E-state index contributed by atoms with van der Waals surface area (Å²) in [6.07, 6.45) is 5.63. The van der Waals surface area contributed by atoms with Gasteiger partial charge in [-0.1, -0.05) is 41.6 Å². The Balaban J connectivity index is 1.71. The van der Waals surface area contributed by atoms with Crippen molar-refractivity contribution in [2.75, 3.05) is 5.75 Å². The van der Waals surface area contributed by atoms with Crippen LogP contribution in [0.4, 0.5) is 0 Å². The van der Waals surface area contributed by atoms with Crippen molar-refractivity contribution in [3.63, 3.8) is 0 Å². The van der Waals surface area contributed by atoms with Crippen LogP contribution < -0.4 is 0 Å². The van der Waals surface area contributed by atoms with E-state index in [4.69, 9.17) is 16.4 Å². The van der Waals surface area contributed by atoms with Gasteiger partial charge >= 0.3 is 5.97 Å². The van der Waals surface area contributed by atoms with E-state index in [0.29, 0.717) is 34.0 Å². The van der Waals surface area contributed by atoms with Crippen LogP contribution >= 0.6 is 23.4 Å². The summed E-state index contributed by atoms with van der Waals surface area (Å²) in [4.78, 5) is 44.5. The van der Waals surface area contributed by atoms with Gasteiger partial charge in [-0.05, 0) is 92.6 Å². The number of oxime groups is 1. The Labute approximate surface area is 260 Å². The monoisotopic (exact) mass is 612 g/mol. The maximum atomic E-state index is 13.7. The molecule has 0 fully saturated rings. The Kier molecular flexibility index (Phi) is 10.6. The molecule has 0 saturated carbocycles. The summed E-state index contributed by atoms with van der Waals surface area (Å²) >= 11 is 7.53. The number of fused-ring (bicyclic) bond motifs is 3. The molecule has 0 atom stereocenters. The molecular formula is C35H33ClN2O4S. The molecule has 0 radical (unpaired) electrons. The van der Waals surface area contributed by atoms with Crippen molar-refractivity contribution in [3.05, 3.63) is 113 Å². The number of carbonyl (C=O) groups is 3. The first-order valence-electron chi connectivity index (χ1n) is 13.9. The fraction of sp³-hybridized carbons (Fsp3) is 0.200. The number of benzene rings is 3. The van der Waals surface area contributed by atoms with Gasteiger partial charge in [0.15, 0.2) is 5.78 Å². The molecule has 4 rings (SSSR count).